The van der Waals surface area contributed by atoms with Crippen LogP contribution in [0.3, 0.4) is 0 Å². The molecule has 7 atom stereocenters. The van der Waals surface area contributed by atoms with E-state index in [-0.39, 0.29) is 35.9 Å². The Balaban J connectivity index is 1.38. The Morgan fingerprint density at radius 1 is 1.03 bits per heavy atom. The molecule has 0 aromatic heterocycles. The van der Waals surface area contributed by atoms with Gasteiger partial charge in [-0.3, -0.25) is 0 Å². The minimum absolute atomic E-state index is 0.0646. The highest BCUT2D eigenvalue weighted by molar-refractivity contribution is 6.93. The van der Waals surface area contributed by atoms with Crippen LogP contribution in [-0.4, -0.2) is 50.5 Å². The summed E-state index contributed by atoms with van der Waals surface area (Å²) in [6.45, 7) is 11.9. The Bertz CT molecular complexity index is 1170. The van der Waals surface area contributed by atoms with Gasteiger partial charge in [0.15, 0.2) is 5.79 Å². The lowest BCUT2D eigenvalue weighted by molar-refractivity contribution is -0.171. The van der Waals surface area contributed by atoms with Crippen LogP contribution < -0.4 is 9.92 Å². The Hall–Kier alpha value is -2.22. The summed E-state index contributed by atoms with van der Waals surface area (Å²) in [5.41, 5.74) is 2.51. The van der Waals surface area contributed by atoms with Crippen molar-refractivity contribution in [2.24, 2.45) is 23.7 Å². The Labute approximate surface area is 234 Å². The fraction of sp³-hybridized carbons (Fsp3) is 0.515. The molecule has 2 bridgehead atoms. The molecule has 0 amide bonds. The van der Waals surface area contributed by atoms with E-state index in [4.69, 9.17) is 18.9 Å². The highest BCUT2D eigenvalue weighted by atomic mass is 28.3. The first kappa shape index (κ1) is 28.3. The van der Waals surface area contributed by atoms with E-state index in [0.29, 0.717) is 19.6 Å². The third-order valence-corrected chi connectivity index (χ3v) is 11.8. The van der Waals surface area contributed by atoms with Gasteiger partial charge < -0.3 is 24.1 Å². The summed E-state index contributed by atoms with van der Waals surface area (Å²) in [7, 11) is -0.188. The van der Waals surface area contributed by atoms with Crippen molar-refractivity contribution in [3.63, 3.8) is 0 Å². The number of aliphatic hydroxyl groups is 1. The lowest BCUT2D eigenvalue weighted by Crippen LogP contribution is -2.58. The van der Waals surface area contributed by atoms with Gasteiger partial charge in [-0.15, -0.1) is 0 Å². The predicted octanol–water partition coefficient (Wildman–Crippen LogP) is 5.63. The number of ether oxygens (including phenoxy) is 4. The highest BCUT2D eigenvalue weighted by Gasteiger charge is 2.58. The number of benzene rings is 2. The standard InChI is InChI=1S/C33H44O5Si/c1-23-31(38-32(2,3)37-23)30-28(22-36-21-24-12-15-26(35-4)16-13-24)25-14-17-29(30)33(34,20-25)18-19-39(5,6)27-10-8-7-9-11-27/h7-19,23,25,28-31,34H,20-22H2,1-6H3/b19-18+/t23-,25+,28-,29+,30-,31+,33+/m1/s1. The highest BCUT2D eigenvalue weighted by Crippen LogP contribution is 2.54. The van der Waals surface area contributed by atoms with E-state index in [2.05, 4.69) is 74.3 Å². The average Bonchev–Trinajstić information content (AvgIpc) is 3.20. The molecule has 1 saturated heterocycles. The maximum absolute atomic E-state index is 12.2. The largest absolute Gasteiger partial charge is 0.497 e. The summed E-state index contributed by atoms with van der Waals surface area (Å²) in [6, 6.07) is 18.7. The molecule has 210 valence electrons. The molecule has 6 rings (SSSR count). The van der Waals surface area contributed by atoms with Gasteiger partial charge in [0.05, 0.1) is 38.1 Å². The van der Waals surface area contributed by atoms with Crippen LogP contribution >= 0.6 is 0 Å². The molecule has 4 aliphatic rings. The normalized spacial score (nSPS) is 33.6. The van der Waals surface area contributed by atoms with Crippen molar-refractivity contribution in [3.05, 3.63) is 84.1 Å². The van der Waals surface area contributed by atoms with Crippen molar-refractivity contribution in [2.45, 2.75) is 70.5 Å². The summed E-state index contributed by atoms with van der Waals surface area (Å²) in [5, 5.41) is 13.6. The van der Waals surface area contributed by atoms with E-state index >= 15 is 0 Å². The number of hydrogen-bond donors (Lipinski definition) is 1. The predicted molar refractivity (Wildman–Crippen MR) is 158 cm³/mol. The number of hydrogen-bond acceptors (Lipinski definition) is 5. The summed E-state index contributed by atoms with van der Waals surface area (Å²) in [5.74, 6) is 0.642. The SMILES string of the molecule is COc1ccc(COC[C@H]2[C@@H]([C@H]3OC(C)(C)O[C@@H]3C)[C@@H]3C=C[C@H]2C[C@@]3(O)/C=C/[Si](C)(C)c2ccccc2)cc1. The van der Waals surface area contributed by atoms with Crippen LogP contribution in [0.15, 0.2) is 78.5 Å². The molecule has 0 unspecified atom stereocenters. The molecule has 1 aliphatic heterocycles. The van der Waals surface area contributed by atoms with Gasteiger partial charge in [0.25, 0.3) is 0 Å². The maximum Gasteiger partial charge on any atom is 0.163 e. The quantitative estimate of drug-likeness (QED) is 0.325. The van der Waals surface area contributed by atoms with Crippen LogP contribution in [0, 0.1) is 23.7 Å². The van der Waals surface area contributed by atoms with Gasteiger partial charge in [0.2, 0.25) is 0 Å². The summed E-state index contributed by atoms with van der Waals surface area (Å²) in [4.78, 5) is 0. The Morgan fingerprint density at radius 3 is 2.38 bits per heavy atom. The molecule has 2 aromatic rings. The number of rotatable bonds is 9. The number of fused-ring (bicyclic) bond motifs is 2. The van der Waals surface area contributed by atoms with E-state index in [1.807, 2.05) is 38.1 Å². The van der Waals surface area contributed by atoms with Gasteiger partial charge in [0, 0.05) is 11.8 Å². The lowest BCUT2D eigenvalue weighted by atomic mass is 9.54. The molecule has 5 nitrogen and oxygen atoms in total. The minimum Gasteiger partial charge on any atom is -0.497 e. The van der Waals surface area contributed by atoms with Gasteiger partial charge in [-0.25, -0.2) is 0 Å². The molecule has 0 radical (unpaired) electrons. The van der Waals surface area contributed by atoms with Crippen molar-refractivity contribution in [1.82, 2.24) is 0 Å². The zero-order valence-electron chi connectivity index (χ0n) is 24.2. The van der Waals surface area contributed by atoms with Crippen LogP contribution in [0.5, 0.6) is 5.75 Å². The van der Waals surface area contributed by atoms with Crippen molar-refractivity contribution in [2.75, 3.05) is 13.7 Å². The molecule has 6 heteroatoms. The van der Waals surface area contributed by atoms with Gasteiger partial charge >= 0.3 is 0 Å². The molecule has 1 heterocycles. The van der Waals surface area contributed by atoms with E-state index < -0.39 is 19.5 Å². The second kappa shape index (κ2) is 11.0. The summed E-state index contributed by atoms with van der Waals surface area (Å²) in [6.07, 6.45) is 7.18. The first-order chi connectivity index (χ1) is 18.5. The minimum atomic E-state index is -1.86. The van der Waals surface area contributed by atoms with Crippen LogP contribution in [0.2, 0.25) is 13.1 Å². The second-order valence-corrected chi connectivity index (χ2v) is 17.0. The third-order valence-electron chi connectivity index (χ3n) is 8.94. The number of methoxy groups -OCH3 is 1. The van der Waals surface area contributed by atoms with Gasteiger partial charge in [-0.05, 0) is 56.7 Å². The molecule has 2 aromatic carbocycles. The fourth-order valence-corrected chi connectivity index (χ4v) is 8.84. The fourth-order valence-electron chi connectivity index (χ4n) is 6.89. The molecule has 0 spiro atoms. The second-order valence-electron chi connectivity index (χ2n) is 12.6. The topological polar surface area (TPSA) is 57.2 Å². The summed E-state index contributed by atoms with van der Waals surface area (Å²) >= 11 is 0. The monoisotopic (exact) mass is 548 g/mol. The molecule has 3 aliphatic carbocycles. The van der Waals surface area contributed by atoms with Crippen molar-refractivity contribution >= 4 is 13.3 Å². The van der Waals surface area contributed by atoms with E-state index in [1.165, 1.54) is 5.19 Å². The summed E-state index contributed by atoms with van der Waals surface area (Å²) < 4.78 is 24.4. The van der Waals surface area contributed by atoms with Crippen LogP contribution in [0.25, 0.3) is 0 Å². The zero-order chi connectivity index (χ0) is 27.8. The third kappa shape index (κ3) is 5.96. The van der Waals surface area contributed by atoms with Crippen LogP contribution in [0.4, 0.5) is 0 Å². The Morgan fingerprint density at radius 2 is 1.74 bits per heavy atom. The molecular weight excluding hydrogens is 504 g/mol. The van der Waals surface area contributed by atoms with E-state index in [9.17, 15) is 5.11 Å². The molecule has 1 N–H and O–H groups in total. The van der Waals surface area contributed by atoms with Gasteiger partial charge in [-0.2, -0.15) is 0 Å². The van der Waals surface area contributed by atoms with Crippen molar-refractivity contribution < 1.29 is 24.1 Å². The van der Waals surface area contributed by atoms with Crippen molar-refractivity contribution in [3.8, 4) is 5.75 Å². The number of allylic oxidation sites excluding steroid dienone is 1. The lowest BCUT2D eigenvalue weighted by Gasteiger charge is -2.54. The molecule has 2 fully saturated rings. The van der Waals surface area contributed by atoms with Gasteiger partial charge in [-0.1, -0.05) is 84.7 Å². The van der Waals surface area contributed by atoms with E-state index in [0.717, 1.165) is 11.3 Å². The molecule has 39 heavy (non-hydrogen) atoms. The van der Waals surface area contributed by atoms with E-state index in [1.54, 1.807) is 7.11 Å². The molecule has 1 saturated carbocycles. The van der Waals surface area contributed by atoms with Gasteiger partial charge in [0.1, 0.15) is 13.8 Å². The zero-order valence-corrected chi connectivity index (χ0v) is 25.2. The van der Waals surface area contributed by atoms with Crippen LogP contribution in [-0.2, 0) is 20.8 Å². The van der Waals surface area contributed by atoms with Crippen molar-refractivity contribution in [1.29, 1.82) is 0 Å². The van der Waals surface area contributed by atoms with Crippen LogP contribution in [0.1, 0.15) is 32.8 Å². The first-order valence-corrected chi connectivity index (χ1v) is 17.3. The maximum atomic E-state index is 12.2. The average molecular weight is 549 g/mol. The molecular formula is C33H44O5Si. The Kier molecular flexibility index (Phi) is 7.97. The first-order valence-electron chi connectivity index (χ1n) is 14.2. The smallest absolute Gasteiger partial charge is 0.163 e.